The summed E-state index contributed by atoms with van der Waals surface area (Å²) in [5, 5.41) is 0. The molecular weight excluding hydrogens is 252 g/mol. The number of likely N-dealkylation sites (N-methyl/N-ethyl adjacent to an activating group) is 1. The van der Waals surface area contributed by atoms with E-state index in [4.69, 9.17) is 0 Å². The van der Waals surface area contributed by atoms with Crippen LogP contribution in [-0.2, 0) is 17.9 Å². The van der Waals surface area contributed by atoms with E-state index in [0.717, 1.165) is 45.4 Å². The van der Waals surface area contributed by atoms with Gasteiger partial charge in [-0.1, -0.05) is 19.8 Å². The Morgan fingerprint density at radius 2 is 2.15 bits per heavy atom. The number of carbonyl (C=O) groups is 1. The highest BCUT2D eigenvalue weighted by molar-refractivity contribution is 5.82. The van der Waals surface area contributed by atoms with Crippen LogP contribution >= 0.6 is 0 Å². The summed E-state index contributed by atoms with van der Waals surface area (Å²) in [6.45, 7) is 7.81. The molecule has 2 heterocycles. The van der Waals surface area contributed by atoms with Crippen molar-refractivity contribution in [1.29, 1.82) is 0 Å². The van der Waals surface area contributed by atoms with Crippen LogP contribution < -0.4 is 0 Å². The molecule has 0 unspecified atom stereocenters. The maximum Gasteiger partial charge on any atom is 0.239 e. The van der Waals surface area contributed by atoms with E-state index in [-0.39, 0.29) is 11.9 Å². The van der Waals surface area contributed by atoms with Crippen molar-refractivity contribution >= 4 is 5.91 Å². The molecule has 0 radical (unpaired) electrons. The number of nitrogens with zero attached hydrogens (tertiary/aromatic N) is 4. The third-order valence-electron chi connectivity index (χ3n) is 4.16. The minimum absolute atomic E-state index is 0.0360. The molecule has 1 aliphatic rings. The first-order valence-electron chi connectivity index (χ1n) is 7.65. The average molecular weight is 278 g/mol. The van der Waals surface area contributed by atoms with Gasteiger partial charge >= 0.3 is 0 Å². The highest BCUT2D eigenvalue weighted by atomic mass is 16.2. The summed E-state index contributed by atoms with van der Waals surface area (Å²) in [5.41, 5.74) is 1.20. The van der Waals surface area contributed by atoms with Crippen LogP contribution in [0.4, 0.5) is 0 Å². The number of hydrogen-bond donors (Lipinski definition) is 0. The second-order valence-corrected chi connectivity index (χ2v) is 5.56. The van der Waals surface area contributed by atoms with E-state index in [9.17, 15) is 4.79 Å². The second kappa shape index (κ2) is 6.88. The van der Waals surface area contributed by atoms with E-state index in [2.05, 4.69) is 28.3 Å². The first-order chi connectivity index (χ1) is 9.67. The molecule has 1 fully saturated rings. The predicted molar refractivity (Wildman–Crippen MR) is 79.3 cm³/mol. The molecule has 1 aromatic heterocycles. The minimum Gasteiger partial charge on any atom is -0.343 e. The first-order valence-corrected chi connectivity index (χ1v) is 7.65. The van der Waals surface area contributed by atoms with Crippen molar-refractivity contribution in [2.75, 3.05) is 20.1 Å². The lowest BCUT2D eigenvalue weighted by Gasteiger charge is -2.39. The van der Waals surface area contributed by atoms with E-state index >= 15 is 0 Å². The Morgan fingerprint density at radius 3 is 2.85 bits per heavy atom. The van der Waals surface area contributed by atoms with Gasteiger partial charge < -0.3 is 9.47 Å². The zero-order valence-electron chi connectivity index (χ0n) is 12.9. The number of rotatable bonds is 6. The van der Waals surface area contributed by atoms with Gasteiger partial charge in [0.25, 0.3) is 0 Å². The fourth-order valence-corrected chi connectivity index (χ4v) is 2.82. The van der Waals surface area contributed by atoms with Crippen LogP contribution in [0.1, 0.15) is 38.8 Å². The zero-order valence-corrected chi connectivity index (χ0v) is 12.9. The molecule has 1 aromatic rings. The molecule has 0 N–H and O–H groups in total. The van der Waals surface area contributed by atoms with Crippen LogP contribution in [0.25, 0.3) is 0 Å². The molecule has 1 atom stereocenters. The zero-order chi connectivity index (χ0) is 14.5. The van der Waals surface area contributed by atoms with E-state index in [1.54, 1.807) is 0 Å². The first kappa shape index (κ1) is 15.0. The third-order valence-corrected chi connectivity index (χ3v) is 4.16. The van der Waals surface area contributed by atoms with Crippen molar-refractivity contribution in [3.05, 3.63) is 18.2 Å². The highest BCUT2D eigenvalue weighted by Gasteiger charge is 2.32. The van der Waals surface area contributed by atoms with Gasteiger partial charge in [0.2, 0.25) is 5.91 Å². The van der Waals surface area contributed by atoms with E-state index < -0.39 is 0 Å². The molecule has 1 amide bonds. The highest BCUT2D eigenvalue weighted by Crippen LogP contribution is 2.19. The Labute approximate surface area is 121 Å². The summed E-state index contributed by atoms with van der Waals surface area (Å²) in [7, 11) is 1.91. The molecule has 0 spiro atoms. The summed E-state index contributed by atoms with van der Waals surface area (Å²) in [4.78, 5) is 20.8. The van der Waals surface area contributed by atoms with Crippen molar-refractivity contribution < 1.29 is 4.79 Å². The SMILES string of the molecule is CCCC[C@@H]1C(=O)N(C)CCN1Cc1cncn1CC. The maximum atomic E-state index is 12.4. The number of aryl methyl sites for hydroxylation is 1. The topological polar surface area (TPSA) is 41.4 Å². The van der Waals surface area contributed by atoms with E-state index in [1.165, 1.54) is 5.69 Å². The number of amides is 1. The van der Waals surface area contributed by atoms with Crippen LogP contribution in [0, 0.1) is 0 Å². The van der Waals surface area contributed by atoms with Crippen molar-refractivity contribution in [3.63, 3.8) is 0 Å². The molecule has 0 bridgehead atoms. The van der Waals surface area contributed by atoms with E-state index in [1.807, 2.05) is 24.5 Å². The fraction of sp³-hybridized carbons (Fsp3) is 0.733. The molecule has 0 aliphatic carbocycles. The minimum atomic E-state index is 0.0360. The van der Waals surface area contributed by atoms with Gasteiger partial charge in [-0.2, -0.15) is 0 Å². The normalized spacial score (nSPS) is 20.6. The van der Waals surface area contributed by atoms with Gasteiger partial charge in [0.1, 0.15) is 0 Å². The number of hydrogen-bond acceptors (Lipinski definition) is 3. The quantitative estimate of drug-likeness (QED) is 0.796. The lowest BCUT2D eigenvalue weighted by atomic mass is 10.0. The van der Waals surface area contributed by atoms with Crippen molar-refractivity contribution in [2.45, 2.75) is 52.2 Å². The molecule has 0 saturated carbocycles. The molecule has 2 rings (SSSR count). The summed E-state index contributed by atoms with van der Waals surface area (Å²) >= 11 is 0. The molecule has 5 nitrogen and oxygen atoms in total. The largest absolute Gasteiger partial charge is 0.343 e. The molecule has 20 heavy (non-hydrogen) atoms. The van der Waals surface area contributed by atoms with Gasteiger partial charge in [0.05, 0.1) is 18.1 Å². The lowest BCUT2D eigenvalue weighted by molar-refractivity contribution is -0.140. The van der Waals surface area contributed by atoms with Crippen LogP contribution in [0.5, 0.6) is 0 Å². The Hall–Kier alpha value is -1.36. The fourth-order valence-electron chi connectivity index (χ4n) is 2.82. The number of aromatic nitrogens is 2. The van der Waals surface area contributed by atoms with Gasteiger partial charge in [-0.3, -0.25) is 9.69 Å². The summed E-state index contributed by atoms with van der Waals surface area (Å²) in [6, 6.07) is 0.0360. The van der Waals surface area contributed by atoms with E-state index in [0.29, 0.717) is 0 Å². The number of piperazine rings is 1. The molecular formula is C15H26N4O. The Kier molecular flexibility index (Phi) is 5.17. The van der Waals surface area contributed by atoms with Gasteiger partial charge in [0.15, 0.2) is 0 Å². The number of unbranched alkanes of at least 4 members (excludes halogenated alkanes) is 1. The third kappa shape index (κ3) is 3.20. The van der Waals surface area contributed by atoms with Crippen molar-refractivity contribution in [2.24, 2.45) is 0 Å². The van der Waals surface area contributed by atoms with Crippen LogP contribution in [-0.4, -0.2) is 51.4 Å². The number of carbonyl (C=O) groups excluding carboxylic acids is 1. The Bertz CT molecular complexity index is 443. The average Bonchev–Trinajstić information content (AvgIpc) is 2.90. The molecule has 1 saturated heterocycles. The summed E-state index contributed by atoms with van der Waals surface area (Å²) in [5.74, 6) is 0.271. The Morgan fingerprint density at radius 1 is 1.35 bits per heavy atom. The van der Waals surface area contributed by atoms with Gasteiger partial charge in [-0.15, -0.1) is 0 Å². The molecule has 112 valence electrons. The summed E-state index contributed by atoms with van der Waals surface area (Å²) < 4.78 is 2.15. The number of imidazole rings is 1. The van der Waals surface area contributed by atoms with Crippen molar-refractivity contribution in [1.82, 2.24) is 19.4 Å². The standard InChI is InChI=1S/C15H26N4O/c1-4-6-7-14-15(20)17(3)8-9-19(14)11-13-10-16-12-18(13)5-2/h10,12,14H,4-9,11H2,1-3H3/t14-/m1/s1. The molecule has 1 aliphatic heterocycles. The van der Waals surface area contributed by atoms with Crippen molar-refractivity contribution in [3.8, 4) is 0 Å². The molecule has 0 aromatic carbocycles. The van der Waals surface area contributed by atoms with Gasteiger partial charge in [-0.25, -0.2) is 4.98 Å². The van der Waals surface area contributed by atoms with Crippen LogP contribution in [0.15, 0.2) is 12.5 Å². The second-order valence-electron chi connectivity index (χ2n) is 5.56. The van der Waals surface area contributed by atoms with Crippen LogP contribution in [0.2, 0.25) is 0 Å². The lowest BCUT2D eigenvalue weighted by Crippen LogP contribution is -2.55. The van der Waals surface area contributed by atoms with Gasteiger partial charge in [0, 0.05) is 39.4 Å². The monoisotopic (exact) mass is 278 g/mol. The summed E-state index contributed by atoms with van der Waals surface area (Å²) in [6.07, 6.45) is 6.99. The maximum absolute atomic E-state index is 12.4. The predicted octanol–water partition coefficient (Wildman–Crippen LogP) is 1.74. The van der Waals surface area contributed by atoms with Gasteiger partial charge in [-0.05, 0) is 13.3 Å². The molecule has 5 heteroatoms. The Balaban J connectivity index is 2.09. The van der Waals surface area contributed by atoms with Crippen LogP contribution in [0.3, 0.4) is 0 Å². The smallest absolute Gasteiger partial charge is 0.239 e.